The van der Waals surface area contributed by atoms with Crippen LogP contribution in [0.4, 0.5) is 5.69 Å². The molecule has 41 heavy (non-hydrogen) atoms. The molecular weight excluding hydrogens is 520 g/mol. The number of anilines is 1. The van der Waals surface area contributed by atoms with Gasteiger partial charge in [-0.05, 0) is 60.2 Å². The fourth-order valence-corrected chi connectivity index (χ4v) is 4.36. The van der Waals surface area contributed by atoms with Gasteiger partial charge in [-0.3, -0.25) is 9.59 Å². The highest BCUT2D eigenvalue weighted by Gasteiger charge is 2.19. The van der Waals surface area contributed by atoms with Crippen LogP contribution < -0.4 is 24.8 Å². The third-order valence-corrected chi connectivity index (χ3v) is 6.35. The molecule has 0 radical (unpaired) electrons. The number of nitrogens with zero attached hydrogens (tertiary/aromatic N) is 1. The van der Waals surface area contributed by atoms with E-state index in [4.69, 9.17) is 14.2 Å². The van der Waals surface area contributed by atoms with Crippen molar-refractivity contribution in [1.82, 2.24) is 15.3 Å². The van der Waals surface area contributed by atoms with Gasteiger partial charge in [-0.2, -0.15) is 0 Å². The Hall–Kier alpha value is -5.57. The lowest BCUT2D eigenvalue weighted by molar-refractivity contribution is -0.113. The van der Waals surface area contributed by atoms with Crippen LogP contribution in [0, 0.1) is 0 Å². The molecule has 1 heterocycles. The first-order valence-electron chi connectivity index (χ1n) is 12.7. The molecule has 4 aromatic carbocycles. The van der Waals surface area contributed by atoms with Crippen molar-refractivity contribution >= 4 is 34.6 Å². The van der Waals surface area contributed by atoms with Crippen molar-refractivity contribution in [2.24, 2.45) is 0 Å². The summed E-state index contributed by atoms with van der Waals surface area (Å²) in [6.45, 7) is 0. The van der Waals surface area contributed by atoms with Crippen LogP contribution in [0.1, 0.15) is 15.9 Å². The highest BCUT2D eigenvalue weighted by atomic mass is 16.5. The van der Waals surface area contributed by atoms with Crippen molar-refractivity contribution in [2.45, 2.75) is 0 Å². The molecule has 0 aliphatic heterocycles. The van der Waals surface area contributed by atoms with Crippen molar-refractivity contribution in [3.05, 3.63) is 108 Å². The number of para-hydroxylation sites is 3. The fraction of sp³-hybridized carbons (Fsp3) is 0.0938. The summed E-state index contributed by atoms with van der Waals surface area (Å²) in [5, 5.41) is 5.70. The lowest BCUT2D eigenvalue weighted by Gasteiger charge is -2.15. The molecule has 5 rings (SSSR count). The van der Waals surface area contributed by atoms with Crippen LogP contribution in [-0.4, -0.2) is 43.1 Å². The van der Waals surface area contributed by atoms with Crippen LogP contribution >= 0.6 is 0 Å². The number of hydrogen-bond donors (Lipinski definition) is 3. The summed E-state index contributed by atoms with van der Waals surface area (Å²) in [5.41, 5.74) is 3.85. The Morgan fingerprint density at radius 3 is 2.15 bits per heavy atom. The van der Waals surface area contributed by atoms with Gasteiger partial charge in [0.2, 0.25) is 5.75 Å². The number of methoxy groups -OCH3 is 3. The molecule has 9 nitrogen and oxygen atoms in total. The summed E-state index contributed by atoms with van der Waals surface area (Å²) in [7, 11) is 4.52. The van der Waals surface area contributed by atoms with Crippen molar-refractivity contribution in [1.29, 1.82) is 0 Å². The van der Waals surface area contributed by atoms with E-state index in [1.807, 2.05) is 48.5 Å². The first-order valence-corrected chi connectivity index (χ1v) is 12.7. The first-order chi connectivity index (χ1) is 20.0. The molecule has 0 aliphatic rings. The molecule has 0 unspecified atom stereocenters. The van der Waals surface area contributed by atoms with Gasteiger partial charge >= 0.3 is 0 Å². The molecule has 3 N–H and O–H groups in total. The van der Waals surface area contributed by atoms with E-state index >= 15 is 0 Å². The number of benzene rings is 4. The minimum atomic E-state index is -0.536. The molecule has 0 bridgehead atoms. The van der Waals surface area contributed by atoms with Crippen LogP contribution in [0.15, 0.2) is 96.7 Å². The SMILES string of the molecule is COc1cc(/C=C(\NC(=O)c2ccccc2)C(=O)Nc2ccccc2-c2nc3ccccc3[nH]2)cc(OC)c1OC. The molecule has 2 amide bonds. The quantitative estimate of drug-likeness (QED) is 0.205. The maximum Gasteiger partial charge on any atom is 0.272 e. The average molecular weight is 549 g/mol. The van der Waals surface area contributed by atoms with Gasteiger partial charge in [-0.25, -0.2) is 4.98 Å². The largest absolute Gasteiger partial charge is 0.493 e. The Balaban J connectivity index is 1.53. The molecule has 0 saturated heterocycles. The maximum absolute atomic E-state index is 13.8. The van der Waals surface area contributed by atoms with E-state index < -0.39 is 11.8 Å². The molecular formula is C32H28N4O5. The molecule has 0 fully saturated rings. The number of imidazole rings is 1. The third kappa shape index (κ3) is 5.89. The topological polar surface area (TPSA) is 115 Å². The lowest BCUT2D eigenvalue weighted by atomic mass is 10.1. The monoisotopic (exact) mass is 548 g/mol. The third-order valence-electron chi connectivity index (χ3n) is 6.35. The van der Waals surface area contributed by atoms with Gasteiger partial charge in [-0.1, -0.05) is 42.5 Å². The molecule has 9 heteroatoms. The molecule has 0 atom stereocenters. The van der Waals surface area contributed by atoms with Crippen molar-refractivity contribution < 1.29 is 23.8 Å². The number of fused-ring (bicyclic) bond motifs is 1. The fourth-order valence-electron chi connectivity index (χ4n) is 4.36. The van der Waals surface area contributed by atoms with Crippen LogP contribution in [0.2, 0.25) is 0 Å². The van der Waals surface area contributed by atoms with E-state index in [-0.39, 0.29) is 5.70 Å². The predicted molar refractivity (Wildman–Crippen MR) is 158 cm³/mol. The molecule has 5 aromatic rings. The van der Waals surface area contributed by atoms with E-state index in [0.717, 1.165) is 11.0 Å². The minimum Gasteiger partial charge on any atom is -0.493 e. The molecule has 0 spiro atoms. The van der Waals surface area contributed by atoms with Crippen LogP contribution in [0.25, 0.3) is 28.5 Å². The van der Waals surface area contributed by atoms with Gasteiger partial charge in [0, 0.05) is 11.1 Å². The van der Waals surface area contributed by atoms with Crippen molar-refractivity contribution in [2.75, 3.05) is 26.6 Å². The Morgan fingerprint density at radius 1 is 0.805 bits per heavy atom. The number of H-pyrrole nitrogens is 1. The number of aromatic amines is 1. The smallest absolute Gasteiger partial charge is 0.272 e. The number of hydrogen-bond acceptors (Lipinski definition) is 6. The number of ether oxygens (including phenoxy) is 3. The van der Waals surface area contributed by atoms with Gasteiger partial charge in [0.15, 0.2) is 11.5 Å². The Kier molecular flexibility index (Phi) is 7.96. The molecule has 0 saturated carbocycles. The highest BCUT2D eigenvalue weighted by Crippen LogP contribution is 2.38. The summed E-state index contributed by atoms with van der Waals surface area (Å²) >= 11 is 0. The number of carbonyl (C=O) groups excluding carboxylic acids is 2. The second kappa shape index (κ2) is 12.1. The minimum absolute atomic E-state index is 0.00698. The Morgan fingerprint density at radius 2 is 1.46 bits per heavy atom. The molecule has 1 aromatic heterocycles. The van der Waals surface area contributed by atoms with Gasteiger partial charge in [0.1, 0.15) is 11.5 Å². The van der Waals surface area contributed by atoms with Crippen molar-refractivity contribution in [3.63, 3.8) is 0 Å². The summed E-state index contributed by atoms with van der Waals surface area (Å²) in [4.78, 5) is 34.9. The van der Waals surface area contributed by atoms with E-state index in [2.05, 4.69) is 20.6 Å². The highest BCUT2D eigenvalue weighted by molar-refractivity contribution is 6.11. The summed E-state index contributed by atoms with van der Waals surface area (Å²) in [6, 6.07) is 27.0. The lowest BCUT2D eigenvalue weighted by Crippen LogP contribution is -2.30. The maximum atomic E-state index is 13.8. The van der Waals surface area contributed by atoms with Crippen LogP contribution in [0.3, 0.4) is 0 Å². The zero-order valence-electron chi connectivity index (χ0n) is 22.7. The zero-order chi connectivity index (χ0) is 28.8. The molecule has 0 aliphatic carbocycles. The summed E-state index contributed by atoms with van der Waals surface area (Å²) in [5.74, 6) is 0.846. The summed E-state index contributed by atoms with van der Waals surface area (Å²) in [6.07, 6.45) is 1.55. The van der Waals surface area contributed by atoms with Gasteiger partial charge < -0.3 is 29.8 Å². The predicted octanol–water partition coefficient (Wildman–Crippen LogP) is 5.67. The normalized spacial score (nSPS) is 11.1. The molecule has 206 valence electrons. The van der Waals surface area contributed by atoms with E-state index in [1.54, 1.807) is 48.5 Å². The second-order valence-corrected chi connectivity index (χ2v) is 8.94. The van der Waals surface area contributed by atoms with Crippen molar-refractivity contribution in [3.8, 4) is 28.6 Å². The second-order valence-electron chi connectivity index (χ2n) is 8.94. The standard InChI is InChI=1S/C32H28N4O5/c1-39-27-18-20(19-28(40-2)29(27)41-3)17-26(36-31(37)21-11-5-4-6-12-21)32(38)35-23-14-8-7-13-22(23)30-33-24-15-9-10-16-25(24)34-30/h4-19H,1-3H3,(H,33,34)(H,35,38)(H,36,37)/b26-17-. The number of aromatic nitrogens is 2. The van der Waals surface area contributed by atoms with E-state index in [1.165, 1.54) is 21.3 Å². The van der Waals surface area contributed by atoms with Crippen LogP contribution in [-0.2, 0) is 4.79 Å². The number of carbonyl (C=O) groups is 2. The average Bonchev–Trinajstić information content (AvgIpc) is 3.45. The van der Waals surface area contributed by atoms with Gasteiger partial charge in [0.25, 0.3) is 11.8 Å². The first kappa shape index (κ1) is 27.0. The van der Waals surface area contributed by atoms with Gasteiger partial charge in [0.05, 0.1) is 38.1 Å². The summed E-state index contributed by atoms with van der Waals surface area (Å²) < 4.78 is 16.3. The van der Waals surface area contributed by atoms with Gasteiger partial charge in [-0.15, -0.1) is 0 Å². The Bertz CT molecular complexity index is 1690. The van der Waals surface area contributed by atoms with Crippen LogP contribution in [0.5, 0.6) is 17.2 Å². The number of amides is 2. The number of nitrogens with one attached hydrogen (secondary N) is 3. The number of rotatable bonds is 9. The van der Waals surface area contributed by atoms with E-state index in [0.29, 0.717) is 45.5 Å². The Labute approximate surface area is 236 Å². The van der Waals surface area contributed by atoms with E-state index in [9.17, 15) is 9.59 Å². The zero-order valence-corrected chi connectivity index (χ0v) is 22.7.